The van der Waals surface area contributed by atoms with Gasteiger partial charge in [0.2, 0.25) is 5.43 Å². The zero-order chi connectivity index (χ0) is 20.7. The van der Waals surface area contributed by atoms with E-state index in [-0.39, 0.29) is 28.7 Å². The molecule has 2 aliphatic rings. The summed E-state index contributed by atoms with van der Waals surface area (Å²) in [5.74, 6) is -2.02. The van der Waals surface area contributed by atoms with Gasteiger partial charge in [0.15, 0.2) is 11.6 Å². The lowest BCUT2D eigenvalue weighted by atomic mass is 10.1. The van der Waals surface area contributed by atoms with E-state index in [1.54, 1.807) is 9.47 Å². The first-order chi connectivity index (χ1) is 13.9. The van der Waals surface area contributed by atoms with Crippen LogP contribution in [-0.2, 0) is 4.84 Å². The lowest BCUT2D eigenvalue weighted by Crippen LogP contribution is -2.26. The summed E-state index contributed by atoms with van der Waals surface area (Å²) in [5.41, 5.74) is 5.72. The van der Waals surface area contributed by atoms with Crippen molar-refractivity contribution < 1.29 is 19.1 Å². The third kappa shape index (κ3) is 3.44. The van der Waals surface area contributed by atoms with Crippen molar-refractivity contribution in [3.63, 3.8) is 0 Å². The third-order valence-corrected chi connectivity index (χ3v) is 5.27. The van der Waals surface area contributed by atoms with Crippen LogP contribution in [0.3, 0.4) is 0 Å². The number of carboxylic acid groups (broad SMARTS) is 1. The number of carboxylic acids is 1. The van der Waals surface area contributed by atoms with Gasteiger partial charge in [-0.15, -0.1) is 0 Å². The highest BCUT2D eigenvalue weighted by Gasteiger charge is 2.33. The molecule has 1 unspecified atom stereocenters. The fourth-order valence-corrected chi connectivity index (χ4v) is 3.63. The van der Waals surface area contributed by atoms with Gasteiger partial charge < -0.3 is 25.1 Å². The Bertz CT molecular complexity index is 1060. The van der Waals surface area contributed by atoms with E-state index < -0.39 is 17.2 Å². The Balaban J connectivity index is 1.82. The van der Waals surface area contributed by atoms with Gasteiger partial charge in [0.05, 0.1) is 17.6 Å². The first kappa shape index (κ1) is 19.3. The van der Waals surface area contributed by atoms with Gasteiger partial charge in [0.25, 0.3) is 0 Å². The number of aromatic nitrogens is 2. The molecule has 0 bridgehead atoms. The lowest BCUT2D eigenvalue weighted by Gasteiger charge is -2.19. The molecule has 0 amide bonds. The van der Waals surface area contributed by atoms with E-state index in [1.165, 1.54) is 6.20 Å². The Morgan fingerprint density at radius 1 is 1.48 bits per heavy atom. The third-order valence-electron chi connectivity index (χ3n) is 5.27. The van der Waals surface area contributed by atoms with Crippen molar-refractivity contribution in [1.82, 2.24) is 9.55 Å². The highest BCUT2D eigenvalue weighted by Crippen LogP contribution is 2.37. The van der Waals surface area contributed by atoms with E-state index in [1.807, 2.05) is 6.92 Å². The summed E-state index contributed by atoms with van der Waals surface area (Å²) in [4.78, 5) is 35.3. The monoisotopic (exact) mass is 403 g/mol. The van der Waals surface area contributed by atoms with Crippen LogP contribution < -0.4 is 16.1 Å². The SMILES string of the molecule is CCO/N=C1\CN(c2nc3c(cc2F)c(=O)c(C(=O)O)cn3C2CC2)CC1CN. The number of oxime groups is 1. The van der Waals surface area contributed by atoms with Crippen molar-refractivity contribution in [1.29, 1.82) is 0 Å². The fourth-order valence-electron chi connectivity index (χ4n) is 3.63. The smallest absolute Gasteiger partial charge is 0.341 e. The Hall–Kier alpha value is -3.01. The van der Waals surface area contributed by atoms with Gasteiger partial charge in [0, 0.05) is 31.2 Å². The predicted molar refractivity (Wildman–Crippen MR) is 105 cm³/mol. The highest BCUT2D eigenvalue weighted by atomic mass is 19.1. The largest absolute Gasteiger partial charge is 0.477 e. The van der Waals surface area contributed by atoms with Crippen LogP contribution in [0.2, 0.25) is 0 Å². The molecule has 1 saturated carbocycles. The van der Waals surface area contributed by atoms with E-state index in [0.717, 1.165) is 24.6 Å². The Morgan fingerprint density at radius 3 is 2.86 bits per heavy atom. The number of anilines is 1. The minimum absolute atomic E-state index is 0.0316. The first-order valence-corrected chi connectivity index (χ1v) is 9.57. The summed E-state index contributed by atoms with van der Waals surface area (Å²) in [6.07, 6.45) is 3.03. The van der Waals surface area contributed by atoms with E-state index in [2.05, 4.69) is 10.1 Å². The molecule has 10 heteroatoms. The molecule has 0 aromatic carbocycles. The minimum Gasteiger partial charge on any atom is -0.477 e. The number of pyridine rings is 2. The quantitative estimate of drug-likeness (QED) is 0.698. The summed E-state index contributed by atoms with van der Waals surface area (Å²) < 4.78 is 16.6. The summed E-state index contributed by atoms with van der Waals surface area (Å²) in [7, 11) is 0. The van der Waals surface area contributed by atoms with Gasteiger partial charge in [-0.1, -0.05) is 5.16 Å². The molecule has 154 valence electrons. The molecule has 9 nitrogen and oxygen atoms in total. The van der Waals surface area contributed by atoms with Crippen molar-refractivity contribution in [3.8, 4) is 0 Å². The minimum atomic E-state index is -1.34. The zero-order valence-electron chi connectivity index (χ0n) is 16.0. The number of nitrogens with two attached hydrogens (primary N) is 1. The lowest BCUT2D eigenvalue weighted by molar-refractivity contribution is 0.0695. The first-order valence-electron chi connectivity index (χ1n) is 9.57. The van der Waals surface area contributed by atoms with Crippen molar-refractivity contribution in [2.24, 2.45) is 16.8 Å². The summed E-state index contributed by atoms with van der Waals surface area (Å²) in [5, 5.41) is 13.4. The van der Waals surface area contributed by atoms with Crippen molar-refractivity contribution in [3.05, 3.63) is 33.9 Å². The number of carbonyl (C=O) groups is 1. The number of hydrogen-bond acceptors (Lipinski definition) is 7. The number of rotatable bonds is 6. The molecular formula is C19H22FN5O4. The Morgan fingerprint density at radius 2 is 2.24 bits per heavy atom. The van der Waals surface area contributed by atoms with Crippen LogP contribution >= 0.6 is 0 Å². The molecule has 0 radical (unpaired) electrons. The second kappa shape index (κ2) is 7.43. The number of aromatic carboxylic acids is 1. The van der Waals surface area contributed by atoms with Gasteiger partial charge in [-0.3, -0.25) is 4.79 Å². The van der Waals surface area contributed by atoms with Crippen LogP contribution in [0.25, 0.3) is 11.0 Å². The van der Waals surface area contributed by atoms with E-state index in [0.29, 0.717) is 31.9 Å². The van der Waals surface area contributed by atoms with Gasteiger partial charge in [-0.2, -0.15) is 0 Å². The second-order valence-corrected chi connectivity index (χ2v) is 7.29. The zero-order valence-corrected chi connectivity index (χ0v) is 16.0. The van der Waals surface area contributed by atoms with Crippen LogP contribution in [0.15, 0.2) is 22.2 Å². The molecule has 2 fully saturated rings. The van der Waals surface area contributed by atoms with Crippen molar-refractivity contribution in [2.45, 2.75) is 25.8 Å². The van der Waals surface area contributed by atoms with Crippen LogP contribution in [0.1, 0.15) is 36.2 Å². The van der Waals surface area contributed by atoms with Gasteiger partial charge in [-0.05, 0) is 25.8 Å². The van der Waals surface area contributed by atoms with Crippen LogP contribution in [0.5, 0.6) is 0 Å². The summed E-state index contributed by atoms with van der Waals surface area (Å²) >= 11 is 0. The second-order valence-electron chi connectivity index (χ2n) is 7.29. The van der Waals surface area contributed by atoms with Crippen LogP contribution in [0, 0.1) is 11.7 Å². The maximum Gasteiger partial charge on any atom is 0.341 e. The molecule has 2 aromatic heterocycles. The molecule has 4 rings (SSSR count). The topological polar surface area (TPSA) is 123 Å². The summed E-state index contributed by atoms with van der Waals surface area (Å²) in [6.45, 7) is 3.33. The number of nitrogens with zero attached hydrogens (tertiary/aromatic N) is 4. The number of hydrogen-bond donors (Lipinski definition) is 2. The van der Waals surface area contributed by atoms with Gasteiger partial charge in [0.1, 0.15) is 17.8 Å². The van der Waals surface area contributed by atoms with Crippen LogP contribution in [0.4, 0.5) is 10.2 Å². The standard InChI is InChI=1S/C19H22FN5O4/c1-2-29-23-15-9-24(7-10(15)6-21)18-14(20)5-12-16(26)13(19(27)28)8-25(11-3-4-11)17(12)22-18/h5,8,10-11H,2-4,6-7,9,21H2,1H3,(H,27,28)/b23-15+. The maximum atomic E-state index is 14.9. The molecule has 3 N–H and O–H groups in total. The Labute approximate surface area is 165 Å². The Kier molecular flexibility index (Phi) is 4.95. The van der Waals surface area contributed by atoms with Crippen LogP contribution in [-0.4, -0.2) is 52.6 Å². The number of fused-ring (bicyclic) bond motifs is 1. The van der Waals surface area contributed by atoms with E-state index in [9.17, 15) is 19.1 Å². The highest BCUT2D eigenvalue weighted by molar-refractivity contribution is 5.95. The molecule has 1 aliphatic heterocycles. The van der Waals surface area contributed by atoms with Crippen molar-refractivity contribution in [2.75, 3.05) is 31.1 Å². The van der Waals surface area contributed by atoms with Crippen molar-refractivity contribution >= 4 is 28.5 Å². The molecule has 1 aliphatic carbocycles. The van der Waals surface area contributed by atoms with E-state index in [4.69, 9.17) is 10.6 Å². The van der Waals surface area contributed by atoms with E-state index >= 15 is 0 Å². The molecule has 29 heavy (non-hydrogen) atoms. The summed E-state index contributed by atoms with van der Waals surface area (Å²) in [6, 6.07) is 1.15. The average molecular weight is 403 g/mol. The fraction of sp³-hybridized carbons (Fsp3) is 0.474. The molecule has 2 aromatic rings. The van der Waals surface area contributed by atoms with Gasteiger partial charge >= 0.3 is 5.97 Å². The average Bonchev–Trinajstić information content (AvgIpc) is 3.46. The molecular weight excluding hydrogens is 381 g/mol. The maximum absolute atomic E-state index is 14.9. The molecule has 1 atom stereocenters. The molecule has 0 spiro atoms. The van der Waals surface area contributed by atoms with Gasteiger partial charge in [-0.25, -0.2) is 14.2 Å². The number of halogens is 1. The molecule has 1 saturated heterocycles. The predicted octanol–water partition coefficient (Wildman–Crippen LogP) is 1.36. The normalized spacial score (nSPS) is 20.6. The molecule has 3 heterocycles.